The Balaban J connectivity index is 3.65. The number of hydrogen-bond acceptors (Lipinski definition) is 2. The molecule has 0 amide bonds. The summed E-state index contributed by atoms with van der Waals surface area (Å²) in [6.45, 7) is 12.6. The van der Waals surface area contributed by atoms with Crippen LogP contribution in [0, 0.1) is 0 Å². The molecule has 14 heavy (non-hydrogen) atoms. The zero-order valence-electron chi connectivity index (χ0n) is 10.5. The summed E-state index contributed by atoms with van der Waals surface area (Å²) in [4.78, 5) is 0. The molecule has 0 N–H and O–H groups in total. The summed E-state index contributed by atoms with van der Waals surface area (Å²) in [7, 11) is 0. The lowest BCUT2D eigenvalue weighted by Crippen LogP contribution is -2.24. The van der Waals surface area contributed by atoms with E-state index in [1.54, 1.807) is 0 Å². The molecule has 0 rings (SSSR count). The van der Waals surface area contributed by atoms with Gasteiger partial charge in [0, 0.05) is 0 Å². The van der Waals surface area contributed by atoms with Crippen LogP contribution in [-0.4, -0.2) is 24.4 Å². The van der Waals surface area contributed by atoms with Crippen molar-refractivity contribution in [1.29, 1.82) is 0 Å². The fourth-order valence-corrected chi connectivity index (χ4v) is 1.54. The van der Waals surface area contributed by atoms with Crippen LogP contribution in [0.15, 0.2) is 0 Å². The van der Waals surface area contributed by atoms with E-state index >= 15 is 0 Å². The van der Waals surface area contributed by atoms with Crippen molar-refractivity contribution >= 4 is 0 Å². The minimum atomic E-state index is 0.286. The van der Waals surface area contributed by atoms with Crippen LogP contribution in [0.25, 0.3) is 0 Å². The smallest absolute Gasteiger partial charge is 0.0575 e. The second kappa shape index (κ2) is 7.24. The topological polar surface area (TPSA) is 18.5 Å². The van der Waals surface area contributed by atoms with Crippen molar-refractivity contribution in [2.75, 3.05) is 0 Å². The molecule has 0 radical (unpaired) electrons. The lowest BCUT2D eigenvalue weighted by Gasteiger charge is -2.22. The molecule has 0 aromatic heterocycles. The molecule has 0 spiro atoms. The molecule has 3 atom stereocenters. The molecule has 0 aromatic carbocycles. The molecule has 0 saturated carbocycles. The van der Waals surface area contributed by atoms with Gasteiger partial charge in [-0.15, -0.1) is 0 Å². The SMILES string of the molecule is CCC(C)OC(C)CC(C)OC(C)C. The quantitative estimate of drug-likeness (QED) is 0.630. The fourth-order valence-electron chi connectivity index (χ4n) is 1.54. The van der Waals surface area contributed by atoms with E-state index in [2.05, 4.69) is 41.5 Å². The van der Waals surface area contributed by atoms with Crippen molar-refractivity contribution in [2.24, 2.45) is 0 Å². The van der Waals surface area contributed by atoms with E-state index in [0.29, 0.717) is 18.3 Å². The number of rotatable bonds is 7. The predicted molar refractivity (Wildman–Crippen MR) is 60.6 cm³/mol. The van der Waals surface area contributed by atoms with Gasteiger partial charge in [0.1, 0.15) is 0 Å². The van der Waals surface area contributed by atoms with Crippen LogP contribution in [0.5, 0.6) is 0 Å². The second-order valence-electron chi connectivity index (χ2n) is 4.40. The third-order valence-electron chi connectivity index (χ3n) is 2.21. The van der Waals surface area contributed by atoms with Gasteiger partial charge in [-0.05, 0) is 47.5 Å². The number of ether oxygens (including phenoxy) is 2. The normalized spacial score (nSPS) is 18.2. The largest absolute Gasteiger partial charge is 0.376 e. The van der Waals surface area contributed by atoms with Crippen LogP contribution in [0.4, 0.5) is 0 Å². The van der Waals surface area contributed by atoms with Crippen LogP contribution >= 0.6 is 0 Å². The first kappa shape index (κ1) is 13.9. The minimum absolute atomic E-state index is 0.286. The van der Waals surface area contributed by atoms with E-state index < -0.39 is 0 Å². The summed E-state index contributed by atoms with van der Waals surface area (Å²) in [5, 5.41) is 0. The average Bonchev–Trinajstić information content (AvgIpc) is 2.01. The molecule has 0 saturated heterocycles. The van der Waals surface area contributed by atoms with Gasteiger partial charge in [-0.1, -0.05) is 6.92 Å². The fraction of sp³-hybridized carbons (Fsp3) is 1.00. The van der Waals surface area contributed by atoms with E-state index in [1.807, 2.05) is 0 Å². The van der Waals surface area contributed by atoms with Crippen LogP contribution in [0.2, 0.25) is 0 Å². The van der Waals surface area contributed by atoms with Gasteiger partial charge in [0.25, 0.3) is 0 Å². The lowest BCUT2D eigenvalue weighted by molar-refractivity contribution is -0.0475. The maximum absolute atomic E-state index is 5.77. The molecule has 0 bridgehead atoms. The molecular formula is C12H26O2. The Bertz CT molecular complexity index is 134. The summed E-state index contributed by atoms with van der Waals surface area (Å²) in [6, 6.07) is 0. The van der Waals surface area contributed by atoms with Gasteiger partial charge in [-0.2, -0.15) is 0 Å². The number of hydrogen-bond donors (Lipinski definition) is 0. The van der Waals surface area contributed by atoms with Gasteiger partial charge in [-0.25, -0.2) is 0 Å². The Morgan fingerprint density at radius 1 is 0.786 bits per heavy atom. The molecule has 0 aliphatic heterocycles. The summed E-state index contributed by atoms with van der Waals surface area (Å²) < 4.78 is 11.4. The van der Waals surface area contributed by atoms with Crippen molar-refractivity contribution < 1.29 is 9.47 Å². The standard InChI is InChI=1S/C12H26O2/c1-7-10(4)14-12(6)8-11(5)13-9(2)3/h9-12H,7-8H2,1-6H3. The zero-order chi connectivity index (χ0) is 11.1. The van der Waals surface area contributed by atoms with E-state index in [1.165, 1.54) is 0 Å². The molecule has 2 nitrogen and oxygen atoms in total. The van der Waals surface area contributed by atoms with Crippen LogP contribution in [0.3, 0.4) is 0 Å². The van der Waals surface area contributed by atoms with Crippen molar-refractivity contribution in [3.63, 3.8) is 0 Å². The van der Waals surface area contributed by atoms with E-state index in [-0.39, 0.29) is 6.10 Å². The molecule has 0 aromatic rings. The summed E-state index contributed by atoms with van der Waals surface area (Å²) in [5.74, 6) is 0. The van der Waals surface area contributed by atoms with Crippen molar-refractivity contribution in [2.45, 2.75) is 78.8 Å². The molecule has 0 aliphatic carbocycles. The Kier molecular flexibility index (Phi) is 7.20. The molecule has 2 heteroatoms. The summed E-state index contributed by atoms with van der Waals surface area (Å²) in [5.41, 5.74) is 0. The maximum atomic E-state index is 5.77. The summed E-state index contributed by atoms with van der Waals surface area (Å²) in [6.07, 6.45) is 3.29. The zero-order valence-corrected chi connectivity index (χ0v) is 10.5. The first-order chi connectivity index (χ1) is 6.45. The van der Waals surface area contributed by atoms with E-state index in [4.69, 9.17) is 9.47 Å². The Morgan fingerprint density at radius 2 is 1.29 bits per heavy atom. The summed E-state index contributed by atoms with van der Waals surface area (Å²) >= 11 is 0. The van der Waals surface area contributed by atoms with Gasteiger partial charge < -0.3 is 9.47 Å². The average molecular weight is 202 g/mol. The van der Waals surface area contributed by atoms with Crippen molar-refractivity contribution in [3.8, 4) is 0 Å². The predicted octanol–water partition coefficient (Wildman–Crippen LogP) is 3.39. The van der Waals surface area contributed by atoms with Crippen LogP contribution in [0.1, 0.15) is 54.4 Å². The molecule has 0 heterocycles. The second-order valence-corrected chi connectivity index (χ2v) is 4.40. The first-order valence-corrected chi connectivity index (χ1v) is 5.76. The van der Waals surface area contributed by atoms with Gasteiger partial charge >= 0.3 is 0 Å². The third kappa shape index (κ3) is 7.34. The first-order valence-electron chi connectivity index (χ1n) is 5.76. The molecule has 86 valence electrons. The highest BCUT2D eigenvalue weighted by atomic mass is 16.5. The molecular weight excluding hydrogens is 176 g/mol. The molecule has 0 aliphatic rings. The minimum Gasteiger partial charge on any atom is -0.376 e. The third-order valence-corrected chi connectivity index (χ3v) is 2.21. The Labute approximate surface area is 89.0 Å². The van der Waals surface area contributed by atoms with Crippen molar-refractivity contribution in [1.82, 2.24) is 0 Å². The molecule has 3 unspecified atom stereocenters. The van der Waals surface area contributed by atoms with Crippen molar-refractivity contribution in [3.05, 3.63) is 0 Å². The van der Waals surface area contributed by atoms with Gasteiger partial charge in [-0.3, -0.25) is 0 Å². The Hall–Kier alpha value is -0.0800. The van der Waals surface area contributed by atoms with E-state index in [9.17, 15) is 0 Å². The van der Waals surface area contributed by atoms with Gasteiger partial charge in [0.2, 0.25) is 0 Å². The lowest BCUT2D eigenvalue weighted by atomic mass is 10.2. The highest BCUT2D eigenvalue weighted by Gasteiger charge is 2.12. The van der Waals surface area contributed by atoms with Crippen LogP contribution in [-0.2, 0) is 9.47 Å². The highest BCUT2D eigenvalue weighted by Crippen LogP contribution is 2.10. The Morgan fingerprint density at radius 3 is 1.71 bits per heavy atom. The van der Waals surface area contributed by atoms with Gasteiger partial charge in [0.15, 0.2) is 0 Å². The van der Waals surface area contributed by atoms with Gasteiger partial charge in [0.05, 0.1) is 24.4 Å². The van der Waals surface area contributed by atoms with Crippen LogP contribution < -0.4 is 0 Å². The molecule has 0 fully saturated rings. The highest BCUT2D eigenvalue weighted by molar-refractivity contribution is 4.60. The van der Waals surface area contributed by atoms with E-state index in [0.717, 1.165) is 12.8 Å². The monoisotopic (exact) mass is 202 g/mol. The maximum Gasteiger partial charge on any atom is 0.0575 e.